The maximum absolute atomic E-state index is 13.0. The van der Waals surface area contributed by atoms with E-state index in [-0.39, 0.29) is 10.8 Å². The molecule has 0 saturated carbocycles. The van der Waals surface area contributed by atoms with Crippen LogP contribution in [0.25, 0.3) is 10.2 Å². The summed E-state index contributed by atoms with van der Waals surface area (Å²) in [6.45, 7) is 0.930. The monoisotopic (exact) mass is 383 g/mol. The van der Waals surface area contributed by atoms with Crippen LogP contribution in [0.15, 0.2) is 53.4 Å². The first kappa shape index (κ1) is 17.2. The van der Waals surface area contributed by atoms with Gasteiger partial charge in [-0.05, 0) is 43.2 Å². The minimum Gasteiger partial charge on any atom is -0.241 e. The van der Waals surface area contributed by atoms with Crippen LogP contribution < -0.4 is 0 Å². The summed E-state index contributed by atoms with van der Waals surface area (Å²) in [4.78, 5) is 4.89. The number of aromatic nitrogens is 1. The normalized spacial score (nSPS) is 18.7. The van der Waals surface area contributed by atoms with Gasteiger partial charge in [-0.3, -0.25) is 0 Å². The summed E-state index contributed by atoms with van der Waals surface area (Å²) in [5, 5.41) is 10.0. The van der Waals surface area contributed by atoms with Crippen LogP contribution in [0.5, 0.6) is 0 Å². The zero-order valence-corrected chi connectivity index (χ0v) is 15.6. The first-order valence-corrected chi connectivity index (χ1v) is 10.7. The molecule has 0 aliphatic carbocycles. The van der Waals surface area contributed by atoms with Gasteiger partial charge < -0.3 is 0 Å². The smallest absolute Gasteiger partial charge is 0.241 e. The summed E-state index contributed by atoms with van der Waals surface area (Å²) in [5.74, 6) is 0.107. The maximum atomic E-state index is 13.0. The molecule has 132 valence electrons. The highest BCUT2D eigenvalue weighted by Crippen LogP contribution is 2.34. The van der Waals surface area contributed by atoms with Crippen molar-refractivity contribution in [3.63, 3.8) is 0 Å². The number of rotatable bonds is 3. The highest BCUT2D eigenvalue weighted by Gasteiger charge is 2.32. The highest BCUT2D eigenvalue weighted by molar-refractivity contribution is 7.89. The summed E-state index contributed by atoms with van der Waals surface area (Å²) in [5.41, 5.74) is 1.32. The van der Waals surface area contributed by atoms with Crippen LogP contribution >= 0.6 is 11.3 Å². The number of thiazole rings is 1. The van der Waals surface area contributed by atoms with Gasteiger partial charge in [0.1, 0.15) is 0 Å². The molecule has 2 heterocycles. The summed E-state index contributed by atoms with van der Waals surface area (Å²) in [7, 11) is -3.61. The van der Waals surface area contributed by atoms with Crippen LogP contribution in [0.3, 0.4) is 0 Å². The third-order valence-corrected chi connectivity index (χ3v) is 7.70. The van der Waals surface area contributed by atoms with Crippen molar-refractivity contribution in [3.05, 3.63) is 59.1 Å². The molecule has 0 spiro atoms. The summed E-state index contributed by atoms with van der Waals surface area (Å²) < 4.78 is 28.7. The molecule has 0 N–H and O–H groups in total. The van der Waals surface area contributed by atoms with E-state index in [1.807, 2.05) is 30.3 Å². The third kappa shape index (κ3) is 3.12. The average Bonchev–Trinajstić information content (AvgIpc) is 3.12. The van der Waals surface area contributed by atoms with Crippen molar-refractivity contribution in [3.8, 4) is 6.07 Å². The Morgan fingerprint density at radius 1 is 1.19 bits per heavy atom. The summed E-state index contributed by atoms with van der Waals surface area (Å²) in [6.07, 6.45) is 1.74. The van der Waals surface area contributed by atoms with Gasteiger partial charge in [0.15, 0.2) is 0 Å². The van der Waals surface area contributed by atoms with Gasteiger partial charge in [0.2, 0.25) is 10.0 Å². The second-order valence-corrected chi connectivity index (χ2v) is 9.36. The molecule has 0 bridgehead atoms. The first-order valence-electron chi connectivity index (χ1n) is 8.44. The van der Waals surface area contributed by atoms with Crippen molar-refractivity contribution in [1.82, 2.24) is 9.29 Å². The molecular weight excluding hydrogens is 366 g/mol. The number of benzene rings is 2. The fraction of sp³-hybridized carbons (Fsp3) is 0.263. The van der Waals surface area contributed by atoms with Crippen LogP contribution in [0.2, 0.25) is 0 Å². The lowest BCUT2D eigenvalue weighted by molar-refractivity contribution is 0.315. The molecule has 3 aromatic rings. The molecule has 0 radical (unpaired) electrons. The van der Waals surface area contributed by atoms with Gasteiger partial charge in [-0.1, -0.05) is 18.2 Å². The molecule has 7 heteroatoms. The van der Waals surface area contributed by atoms with Crippen LogP contribution in [-0.4, -0.2) is 30.8 Å². The zero-order chi connectivity index (χ0) is 18.1. The molecule has 5 nitrogen and oxygen atoms in total. The fourth-order valence-electron chi connectivity index (χ4n) is 3.30. The molecule has 0 amide bonds. The van der Waals surface area contributed by atoms with Gasteiger partial charge in [-0.15, -0.1) is 11.3 Å². The van der Waals surface area contributed by atoms with Crippen LogP contribution in [0.4, 0.5) is 0 Å². The average molecular weight is 383 g/mol. The number of nitrogens with zero attached hydrogens (tertiary/aromatic N) is 3. The van der Waals surface area contributed by atoms with E-state index < -0.39 is 10.0 Å². The molecule has 1 aliphatic rings. The Hall–Kier alpha value is -2.27. The van der Waals surface area contributed by atoms with Crippen molar-refractivity contribution >= 4 is 31.6 Å². The van der Waals surface area contributed by atoms with Crippen molar-refractivity contribution < 1.29 is 8.42 Å². The summed E-state index contributed by atoms with van der Waals surface area (Å²) in [6, 6.07) is 16.2. The number of nitriles is 1. The Morgan fingerprint density at radius 3 is 2.85 bits per heavy atom. The molecular formula is C19H17N3O2S2. The van der Waals surface area contributed by atoms with Crippen molar-refractivity contribution in [1.29, 1.82) is 5.26 Å². The molecule has 0 unspecified atom stereocenters. The van der Waals surface area contributed by atoms with Gasteiger partial charge in [-0.2, -0.15) is 9.57 Å². The standard InChI is InChI=1S/C19H17N3O2S2/c20-12-14-5-3-7-16(11-14)26(23,24)22-10-4-6-15(13-22)19-21-17-8-1-2-9-18(17)25-19/h1-3,5,7-9,11,15H,4,6,10,13H2/t15-/m1/s1. The van der Waals surface area contributed by atoms with E-state index in [0.717, 1.165) is 28.1 Å². The Kier molecular flexibility index (Phi) is 4.49. The van der Waals surface area contributed by atoms with Gasteiger partial charge >= 0.3 is 0 Å². The SMILES string of the molecule is N#Cc1cccc(S(=O)(=O)N2CCC[C@@H](c3nc4ccccc4s3)C2)c1. The molecule has 1 atom stereocenters. The molecule has 1 aromatic heterocycles. The number of sulfonamides is 1. The van der Waals surface area contributed by atoms with E-state index in [2.05, 4.69) is 0 Å². The number of para-hydroxylation sites is 1. The lowest BCUT2D eigenvalue weighted by Gasteiger charge is -2.31. The maximum Gasteiger partial charge on any atom is 0.243 e. The zero-order valence-electron chi connectivity index (χ0n) is 14.0. The van der Waals surface area contributed by atoms with Crippen LogP contribution in [-0.2, 0) is 10.0 Å². The van der Waals surface area contributed by atoms with E-state index in [9.17, 15) is 8.42 Å². The van der Waals surface area contributed by atoms with Crippen LogP contribution in [0.1, 0.15) is 29.3 Å². The molecule has 1 aliphatic heterocycles. The molecule has 26 heavy (non-hydrogen) atoms. The van der Waals surface area contributed by atoms with E-state index >= 15 is 0 Å². The molecule has 1 fully saturated rings. The second-order valence-electron chi connectivity index (χ2n) is 6.36. The Bertz CT molecular complexity index is 1070. The van der Waals surface area contributed by atoms with Crippen LogP contribution in [0, 0.1) is 11.3 Å². The Morgan fingerprint density at radius 2 is 2.04 bits per heavy atom. The van der Waals surface area contributed by atoms with Gasteiger partial charge in [-0.25, -0.2) is 13.4 Å². The van der Waals surface area contributed by atoms with E-state index in [1.165, 1.54) is 10.4 Å². The van der Waals surface area contributed by atoms with Gasteiger partial charge in [0.05, 0.1) is 31.8 Å². The number of fused-ring (bicyclic) bond motifs is 1. The van der Waals surface area contributed by atoms with Crippen molar-refractivity contribution in [2.24, 2.45) is 0 Å². The highest BCUT2D eigenvalue weighted by atomic mass is 32.2. The van der Waals surface area contributed by atoms with E-state index in [1.54, 1.807) is 29.5 Å². The molecule has 1 saturated heterocycles. The minimum absolute atomic E-state index is 0.107. The van der Waals surface area contributed by atoms with Gasteiger partial charge in [0.25, 0.3) is 0 Å². The first-order chi connectivity index (χ1) is 12.6. The van der Waals surface area contributed by atoms with Gasteiger partial charge in [0, 0.05) is 19.0 Å². The Balaban J connectivity index is 1.62. The number of hydrogen-bond donors (Lipinski definition) is 0. The fourth-order valence-corrected chi connectivity index (χ4v) is 5.97. The largest absolute Gasteiger partial charge is 0.243 e. The molecule has 2 aromatic carbocycles. The van der Waals surface area contributed by atoms with E-state index in [0.29, 0.717) is 18.7 Å². The lowest BCUT2D eigenvalue weighted by Crippen LogP contribution is -2.39. The topological polar surface area (TPSA) is 74.1 Å². The second kappa shape index (κ2) is 6.80. The minimum atomic E-state index is -3.61. The van der Waals surface area contributed by atoms with E-state index in [4.69, 9.17) is 10.2 Å². The number of hydrogen-bond acceptors (Lipinski definition) is 5. The number of piperidine rings is 1. The third-order valence-electron chi connectivity index (χ3n) is 4.64. The summed E-state index contributed by atoms with van der Waals surface area (Å²) >= 11 is 1.64. The predicted octanol–water partition coefficient (Wildman–Crippen LogP) is 3.74. The Labute approximate surface area is 156 Å². The van der Waals surface area contributed by atoms with Crippen molar-refractivity contribution in [2.45, 2.75) is 23.7 Å². The quantitative estimate of drug-likeness (QED) is 0.691. The van der Waals surface area contributed by atoms with Crippen molar-refractivity contribution in [2.75, 3.05) is 13.1 Å². The molecule has 4 rings (SSSR count). The predicted molar refractivity (Wildman–Crippen MR) is 102 cm³/mol. The lowest BCUT2D eigenvalue weighted by atomic mass is 10.0.